The fourth-order valence-corrected chi connectivity index (χ4v) is 5.78. The predicted octanol–water partition coefficient (Wildman–Crippen LogP) is 4.12. The number of esters is 1. The normalized spacial score (nSPS) is 32.8. The number of benzene rings is 2. The fraction of sp³-hybridized carbons (Fsp3) is 0.292. The minimum atomic E-state index is -0.529. The van der Waals surface area contributed by atoms with Crippen LogP contribution in [0.2, 0.25) is 5.02 Å². The van der Waals surface area contributed by atoms with Crippen molar-refractivity contribution in [2.75, 3.05) is 4.90 Å². The Morgan fingerprint density at radius 2 is 1.57 bits per heavy atom. The lowest BCUT2D eigenvalue weighted by atomic mass is 9.63. The van der Waals surface area contributed by atoms with Gasteiger partial charge in [0.2, 0.25) is 11.8 Å². The van der Waals surface area contributed by atoms with Gasteiger partial charge in [0, 0.05) is 11.1 Å². The van der Waals surface area contributed by atoms with Gasteiger partial charge in [0.1, 0.15) is 5.75 Å². The maximum absolute atomic E-state index is 13.2. The lowest BCUT2D eigenvalue weighted by Gasteiger charge is -2.37. The number of halogens is 1. The first-order chi connectivity index (χ1) is 14.5. The highest BCUT2D eigenvalue weighted by Crippen LogP contribution is 2.65. The Labute approximate surface area is 178 Å². The van der Waals surface area contributed by atoms with Gasteiger partial charge in [-0.25, -0.2) is 9.69 Å². The number of carbonyl (C=O) groups is 3. The molecule has 2 aromatic carbocycles. The first-order valence-electron chi connectivity index (χ1n) is 10.2. The molecule has 2 aromatic rings. The molecule has 3 fully saturated rings. The van der Waals surface area contributed by atoms with E-state index in [0.717, 1.165) is 6.42 Å². The third kappa shape index (κ3) is 2.51. The molecule has 1 heterocycles. The number of ether oxygens (including phenoxy) is 1. The van der Waals surface area contributed by atoms with E-state index in [1.54, 1.807) is 48.5 Å². The van der Waals surface area contributed by atoms with Gasteiger partial charge in [-0.1, -0.05) is 29.8 Å². The Morgan fingerprint density at radius 1 is 0.933 bits per heavy atom. The van der Waals surface area contributed by atoms with Crippen LogP contribution in [0.4, 0.5) is 5.69 Å². The van der Waals surface area contributed by atoms with Crippen LogP contribution in [0.3, 0.4) is 0 Å². The second kappa shape index (κ2) is 6.29. The van der Waals surface area contributed by atoms with Crippen molar-refractivity contribution in [3.05, 3.63) is 71.3 Å². The molecule has 0 spiro atoms. The largest absolute Gasteiger partial charge is 0.423 e. The van der Waals surface area contributed by atoms with Gasteiger partial charge in [-0.05, 0) is 66.5 Å². The number of hydrogen-bond donors (Lipinski definition) is 0. The highest BCUT2D eigenvalue weighted by atomic mass is 35.5. The molecule has 1 saturated heterocycles. The molecule has 4 aliphatic carbocycles. The van der Waals surface area contributed by atoms with Crippen LogP contribution in [0.15, 0.2) is 60.7 Å². The van der Waals surface area contributed by atoms with Crippen molar-refractivity contribution in [3.63, 3.8) is 0 Å². The number of nitrogens with zero attached hydrogens (tertiary/aromatic N) is 1. The molecule has 7 rings (SSSR count). The topological polar surface area (TPSA) is 63.7 Å². The summed E-state index contributed by atoms with van der Waals surface area (Å²) in [6, 6.07) is 13.0. The molecule has 0 aromatic heterocycles. The first-order valence-corrected chi connectivity index (χ1v) is 10.5. The number of allylic oxidation sites excluding steroid dienone is 2. The van der Waals surface area contributed by atoms with Crippen molar-refractivity contribution in [2.45, 2.75) is 6.42 Å². The average Bonchev–Trinajstić information content (AvgIpc) is 3.52. The second-order valence-corrected chi connectivity index (χ2v) is 9.00. The minimum absolute atomic E-state index is 0.129. The van der Waals surface area contributed by atoms with E-state index < -0.39 is 5.97 Å². The minimum Gasteiger partial charge on any atom is -0.423 e. The summed E-state index contributed by atoms with van der Waals surface area (Å²) in [4.78, 5) is 40.2. The summed E-state index contributed by atoms with van der Waals surface area (Å²) >= 11 is 5.86. The molecule has 30 heavy (non-hydrogen) atoms. The predicted molar refractivity (Wildman–Crippen MR) is 110 cm³/mol. The number of carbonyl (C=O) groups excluding carboxylic acids is 3. The average molecular weight is 420 g/mol. The Bertz CT molecular complexity index is 1090. The summed E-state index contributed by atoms with van der Waals surface area (Å²) in [7, 11) is 0. The number of rotatable bonds is 3. The van der Waals surface area contributed by atoms with Gasteiger partial charge in [0.05, 0.1) is 23.1 Å². The number of anilines is 1. The first kappa shape index (κ1) is 17.9. The third-order valence-corrected chi connectivity index (χ3v) is 7.28. The Kier molecular flexibility index (Phi) is 3.75. The van der Waals surface area contributed by atoms with Crippen LogP contribution in [0.5, 0.6) is 5.75 Å². The van der Waals surface area contributed by atoms with Crippen LogP contribution >= 0.6 is 11.6 Å². The maximum Gasteiger partial charge on any atom is 0.343 e. The molecular formula is C24H18ClNO4. The van der Waals surface area contributed by atoms with E-state index in [0.29, 0.717) is 28.1 Å². The van der Waals surface area contributed by atoms with Crippen LogP contribution < -0.4 is 9.64 Å². The maximum atomic E-state index is 13.2. The van der Waals surface area contributed by atoms with Crippen LogP contribution in [-0.4, -0.2) is 17.8 Å². The zero-order valence-electron chi connectivity index (χ0n) is 15.9. The summed E-state index contributed by atoms with van der Waals surface area (Å²) in [5.74, 6) is 0.467. The molecule has 5 aliphatic rings. The van der Waals surface area contributed by atoms with Gasteiger partial charge in [0.15, 0.2) is 0 Å². The lowest BCUT2D eigenvalue weighted by Crippen LogP contribution is -2.40. The SMILES string of the molecule is O=C(Oc1cccc(N2C(=O)[C@@H]3[C@@H]4C=C[C@H]([C@H]5C[C@H]45)[C@@H]3C2=O)c1)c1ccc(Cl)cc1. The van der Waals surface area contributed by atoms with Crippen molar-refractivity contribution in [3.8, 4) is 5.75 Å². The van der Waals surface area contributed by atoms with Crippen molar-refractivity contribution in [1.82, 2.24) is 0 Å². The van der Waals surface area contributed by atoms with Gasteiger partial charge in [-0.2, -0.15) is 0 Å². The summed E-state index contributed by atoms with van der Waals surface area (Å²) in [6.07, 6.45) is 5.43. The number of imide groups is 1. The van der Waals surface area contributed by atoms with Crippen LogP contribution in [0.1, 0.15) is 16.8 Å². The lowest BCUT2D eigenvalue weighted by molar-refractivity contribution is -0.124. The summed E-state index contributed by atoms with van der Waals surface area (Å²) in [5, 5.41) is 0.530. The quantitative estimate of drug-likeness (QED) is 0.325. The molecule has 150 valence electrons. The van der Waals surface area contributed by atoms with E-state index in [1.807, 2.05) is 0 Å². The van der Waals surface area contributed by atoms with E-state index in [2.05, 4.69) is 12.2 Å². The Hall–Kier alpha value is -2.92. The Balaban J connectivity index is 1.27. The molecule has 0 radical (unpaired) electrons. The summed E-state index contributed by atoms with van der Waals surface area (Å²) in [6.45, 7) is 0. The zero-order valence-corrected chi connectivity index (χ0v) is 16.7. The molecule has 2 saturated carbocycles. The second-order valence-electron chi connectivity index (χ2n) is 8.56. The van der Waals surface area contributed by atoms with E-state index in [1.165, 1.54) is 4.90 Å². The van der Waals surface area contributed by atoms with Crippen molar-refractivity contribution < 1.29 is 19.1 Å². The highest BCUT2D eigenvalue weighted by molar-refractivity contribution is 6.30. The smallest absolute Gasteiger partial charge is 0.343 e. The molecular weight excluding hydrogens is 402 g/mol. The van der Waals surface area contributed by atoms with Crippen LogP contribution in [0, 0.1) is 35.5 Å². The molecule has 0 unspecified atom stereocenters. The Morgan fingerprint density at radius 3 is 2.20 bits per heavy atom. The number of amides is 2. The van der Waals surface area contributed by atoms with Crippen LogP contribution in [0.25, 0.3) is 0 Å². The van der Waals surface area contributed by atoms with Crippen molar-refractivity contribution in [2.24, 2.45) is 35.5 Å². The molecule has 6 atom stereocenters. The van der Waals surface area contributed by atoms with E-state index in [-0.39, 0.29) is 41.2 Å². The monoisotopic (exact) mass is 419 g/mol. The molecule has 6 heteroatoms. The standard InChI is InChI=1S/C24H18ClNO4/c25-13-6-4-12(5-7-13)24(29)30-15-3-1-2-14(10-15)26-22(27)20-16-8-9-17(19-11-18(16)19)21(20)23(26)28/h1-10,16-21H,11H2/t16-,17-,18-,19-,20-,21+/m1/s1. The summed E-state index contributed by atoms with van der Waals surface area (Å²) < 4.78 is 5.46. The van der Waals surface area contributed by atoms with Crippen LogP contribution in [-0.2, 0) is 9.59 Å². The van der Waals surface area contributed by atoms with Gasteiger partial charge in [0.25, 0.3) is 0 Å². The molecule has 2 bridgehead atoms. The van der Waals surface area contributed by atoms with E-state index in [9.17, 15) is 14.4 Å². The van der Waals surface area contributed by atoms with Gasteiger partial charge in [-0.3, -0.25) is 9.59 Å². The molecule has 2 amide bonds. The van der Waals surface area contributed by atoms with Gasteiger partial charge < -0.3 is 4.74 Å². The van der Waals surface area contributed by atoms with Crippen molar-refractivity contribution >= 4 is 35.1 Å². The molecule has 1 aliphatic heterocycles. The summed E-state index contributed by atoms with van der Waals surface area (Å²) in [5.41, 5.74) is 0.819. The zero-order chi connectivity index (χ0) is 20.6. The van der Waals surface area contributed by atoms with Crippen molar-refractivity contribution in [1.29, 1.82) is 0 Å². The van der Waals surface area contributed by atoms with E-state index >= 15 is 0 Å². The fourth-order valence-electron chi connectivity index (χ4n) is 5.65. The molecule has 5 nitrogen and oxygen atoms in total. The van der Waals surface area contributed by atoms with Gasteiger partial charge >= 0.3 is 5.97 Å². The number of hydrogen-bond acceptors (Lipinski definition) is 4. The van der Waals surface area contributed by atoms with Gasteiger partial charge in [-0.15, -0.1) is 0 Å². The third-order valence-electron chi connectivity index (χ3n) is 7.03. The highest BCUT2D eigenvalue weighted by Gasteiger charge is 2.67. The van der Waals surface area contributed by atoms with E-state index in [4.69, 9.17) is 16.3 Å². The molecule has 0 N–H and O–H groups in total.